The molecule has 2 rings (SSSR count). The average molecular weight is 309 g/mol. The number of anilines is 1. The van der Waals surface area contributed by atoms with Gasteiger partial charge in [-0.3, -0.25) is 4.31 Å². The monoisotopic (exact) mass is 309 g/mol. The van der Waals surface area contributed by atoms with Crippen molar-refractivity contribution in [2.75, 3.05) is 11.4 Å². The van der Waals surface area contributed by atoms with Crippen LogP contribution in [0.3, 0.4) is 0 Å². The van der Waals surface area contributed by atoms with Crippen molar-refractivity contribution in [2.45, 2.75) is 4.90 Å². The molecule has 7 heteroatoms. The van der Waals surface area contributed by atoms with Crippen LogP contribution in [0.1, 0.15) is 10.4 Å². The third-order valence-electron chi connectivity index (χ3n) is 2.93. The number of sulfonamides is 1. The highest BCUT2D eigenvalue weighted by atomic mass is 32.2. The van der Waals surface area contributed by atoms with E-state index in [-0.39, 0.29) is 4.90 Å². The first kappa shape index (κ1) is 15.0. The predicted molar refractivity (Wildman–Crippen MR) is 75.4 cm³/mol. The van der Waals surface area contributed by atoms with Gasteiger partial charge in [0.15, 0.2) is 0 Å². The molecule has 0 saturated carbocycles. The molecule has 0 spiro atoms. The molecule has 0 heterocycles. The molecule has 0 fully saturated rings. The van der Waals surface area contributed by atoms with Crippen molar-refractivity contribution in [3.05, 3.63) is 59.9 Å². The average Bonchev–Trinajstić information content (AvgIpc) is 2.47. The normalized spacial score (nSPS) is 11.1. The summed E-state index contributed by atoms with van der Waals surface area (Å²) in [4.78, 5) is 11.1. The maximum Gasteiger partial charge on any atom is 0.337 e. The van der Waals surface area contributed by atoms with Crippen LogP contribution in [0.25, 0.3) is 0 Å². The second-order valence-corrected chi connectivity index (χ2v) is 6.20. The number of carbonyl (C=O) groups is 1. The van der Waals surface area contributed by atoms with Crippen molar-refractivity contribution in [3.8, 4) is 0 Å². The first-order chi connectivity index (χ1) is 9.85. The van der Waals surface area contributed by atoms with Gasteiger partial charge in [-0.2, -0.15) is 0 Å². The van der Waals surface area contributed by atoms with E-state index in [0.717, 1.165) is 19.2 Å². The van der Waals surface area contributed by atoms with E-state index in [4.69, 9.17) is 5.11 Å². The van der Waals surface area contributed by atoms with Crippen molar-refractivity contribution >= 4 is 21.7 Å². The second-order valence-electron chi connectivity index (χ2n) is 4.23. The van der Waals surface area contributed by atoms with Crippen molar-refractivity contribution in [3.63, 3.8) is 0 Å². The first-order valence-corrected chi connectivity index (χ1v) is 7.35. The van der Waals surface area contributed by atoms with E-state index in [1.807, 2.05) is 0 Å². The summed E-state index contributed by atoms with van der Waals surface area (Å²) >= 11 is 0. The summed E-state index contributed by atoms with van der Waals surface area (Å²) in [6, 6.07) is 10.8. The second kappa shape index (κ2) is 5.53. The number of benzene rings is 2. The van der Waals surface area contributed by atoms with Gasteiger partial charge in [0.2, 0.25) is 0 Å². The minimum absolute atomic E-state index is 0.0490. The molecule has 0 radical (unpaired) electrons. The van der Waals surface area contributed by atoms with E-state index in [0.29, 0.717) is 4.31 Å². The maximum atomic E-state index is 13.9. The summed E-state index contributed by atoms with van der Waals surface area (Å²) in [6.45, 7) is 0. The van der Waals surface area contributed by atoms with Gasteiger partial charge in [-0.05, 0) is 24.3 Å². The third kappa shape index (κ3) is 2.73. The molecule has 0 bridgehead atoms. The molecule has 0 aliphatic carbocycles. The fourth-order valence-electron chi connectivity index (χ4n) is 1.88. The fourth-order valence-corrected chi connectivity index (χ4v) is 3.12. The Bertz CT molecular complexity index is 775. The number of rotatable bonds is 4. The van der Waals surface area contributed by atoms with E-state index >= 15 is 0 Å². The van der Waals surface area contributed by atoms with Gasteiger partial charge in [-0.25, -0.2) is 17.6 Å². The lowest BCUT2D eigenvalue weighted by Crippen LogP contribution is -2.29. The zero-order valence-corrected chi connectivity index (χ0v) is 11.8. The summed E-state index contributed by atoms with van der Waals surface area (Å²) in [5.74, 6) is -2.32. The standard InChI is InChI=1S/C14H12FNO4S/c1-16(21(19,20)10-6-3-2-4-7-10)13-11(14(17)18)8-5-9-12(13)15/h2-9H,1H3,(H,17,18). The van der Waals surface area contributed by atoms with E-state index < -0.39 is 33.1 Å². The lowest BCUT2D eigenvalue weighted by Gasteiger charge is -2.21. The molecule has 0 aliphatic rings. The molecular formula is C14H12FNO4S. The highest BCUT2D eigenvalue weighted by Gasteiger charge is 2.27. The highest BCUT2D eigenvalue weighted by molar-refractivity contribution is 7.92. The van der Waals surface area contributed by atoms with Crippen LogP contribution < -0.4 is 4.31 Å². The molecule has 0 amide bonds. The van der Waals surface area contributed by atoms with Crippen molar-refractivity contribution < 1.29 is 22.7 Å². The molecule has 2 aromatic rings. The Hall–Kier alpha value is -2.41. The Labute approximate surface area is 121 Å². The van der Waals surface area contributed by atoms with E-state index in [1.165, 1.54) is 30.3 Å². The van der Waals surface area contributed by atoms with Gasteiger partial charge in [0.25, 0.3) is 10.0 Å². The number of carboxylic acid groups (broad SMARTS) is 1. The Morgan fingerprint density at radius 2 is 1.71 bits per heavy atom. The zero-order chi connectivity index (χ0) is 15.6. The third-order valence-corrected chi connectivity index (χ3v) is 4.71. The minimum Gasteiger partial charge on any atom is -0.478 e. The highest BCUT2D eigenvalue weighted by Crippen LogP contribution is 2.28. The van der Waals surface area contributed by atoms with Crippen LogP contribution in [0.5, 0.6) is 0 Å². The van der Waals surface area contributed by atoms with Crippen LogP contribution in [0.15, 0.2) is 53.4 Å². The number of hydrogen-bond donors (Lipinski definition) is 1. The first-order valence-electron chi connectivity index (χ1n) is 5.91. The van der Waals surface area contributed by atoms with E-state index in [9.17, 15) is 17.6 Å². The van der Waals surface area contributed by atoms with E-state index in [1.54, 1.807) is 6.07 Å². The Kier molecular flexibility index (Phi) is 3.95. The molecular weight excluding hydrogens is 297 g/mol. The SMILES string of the molecule is CN(c1c(F)cccc1C(=O)O)S(=O)(=O)c1ccccc1. The van der Waals surface area contributed by atoms with Gasteiger partial charge in [-0.1, -0.05) is 24.3 Å². The van der Waals surface area contributed by atoms with Crippen LogP contribution >= 0.6 is 0 Å². The lowest BCUT2D eigenvalue weighted by molar-refractivity contribution is 0.0697. The van der Waals surface area contributed by atoms with Crippen molar-refractivity contribution in [2.24, 2.45) is 0 Å². The minimum atomic E-state index is -4.04. The molecule has 0 atom stereocenters. The maximum absolute atomic E-state index is 13.9. The lowest BCUT2D eigenvalue weighted by atomic mass is 10.1. The van der Waals surface area contributed by atoms with Crippen molar-refractivity contribution in [1.82, 2.24) is 0 Å². The van der Waals surface area contributed by atoms with Crippen LogP contribution in [0, 0.1) is 5.82 Å². The number of hydrogen-bond acceptors (Lipinski definition) is 3. The summed E-state index contributed by atoms with van der Waals surface area (Å²) in [7, 11) is -2.92. The van der Waals surface area contributed by atoms with Gasteiger partial charge in [-0.15, -0.1) is 0 Å². The molecule has 21 heavy (non-hydrogen) atoms. The number of carboxylic acids is 1. The van der Waals surface area contributed by atoms with Gasteiger partial charge in [0.1, 0.15) is 11.5 Å². The summed E-state index contributed by atoms with van der Waals surface area (Å²) < 4.78 is 39.4. The topological polar surface area (TPSA) is 74.7 Å². The van der Waals surface area contributed by atoms with Crippen LogP contribution in [0.4, 0.5) is 10.1 Å². The van der Waals surface area contributed by atoms with Crippen LogP contribution in [-0.2, 0) is 10.0 Å². The summed E-state index contributed by atoms with van der Waals surface area (Å²) in [6.07, 6.45) is 0. The fraction of sp³-hybridized carbons (Fsp3) is 0.0714. The smallest absolute Gasteiger partial charge is 0.337 e. The number of nitrogens with zero attached hydrogens (tertiary/aromatic N) is 1. The number of halogens is 1. The van der Waals surface area contributed by atoms with Gasteiger partial charge >= 0.3 is 5.97 Å². The van der Waals surface area contributed by atoms with Gasteiger partial charge in [0.05, 0.1) is 10.5 Å². The summed E-state index contributed by atoms with van der Waals surface area (Å²) in [5.41, 5.74) is -0.911. The van der Waals surface area contributed by atoms with Crippen LogP contribution in [-0.4, -0.2) is 26.5 Å². The molecule has 0 aromatic heterocycles. The number of para-hydroxylation sites is 1. The van der Waals surface area contributed by atoms with Gasteiger partial charge < -0.3 is 5.11 Å². The Morgan fingerprint density at radius 1 is 1.10 bits per heavy atom. The summed E-state index contributed by atoms with van der Waals surface area (Å²) in [5, 5.41) is 9.09. The number of aromatic carboxylic acids is 1. The predicted octanol–water partition coefficient (Wildman–Crippen LogP) is 2.35. The molecule has 2 aromatic carbocycles. The zero-order valence-electron chi connectivity index (χ0n) is 11.0. The Morgan fingerprint density at radius 3 is 2.29 bits per heavy atom. The van der Waals surface area contributed by atoms with Gasteiger partial charge in [0, 0.05) is 7.05 Å². The quantitative estimate of drug-likeness (QED) is 0.940. The molecule has 0 saturated heterocycles. The Balaban J connectivity index is 2.60. The molecule has 0 unspecified atom stereocenters. The van der Waals surface area contributed by atoms with E-state index in [2.05, 4.69) is 0 Å². The van der Waals surface area contributed by atoms with Crippen LogP contribution in [0.2, 0.25) is 0 Å². The molecule has 0 aliphatic heterocycles. The van der Waals surface area contributed by atoms with Crippen molar-refractivity contribution in [1.29, 1.82) is 0 Å². The molecule has 5 nitrogen and oxygen atoms in total. The largest absolute Gasteiger partial charge is 0.478 e. The molecule has 1 N–H and O–H groups in total. The molecule has 110 valence electrons.